The van der Waals surface area contributed by atoms with E-state index in [1.54, 1.807) is 0 Å². The molecule has 0 spiro atoms. The van der Waals surface area contributed by atoms with Crippen molar-refractivity contribution in [2.24, 2.45) is 0 Å². The molecule has 2 aromatic heterocycles. The molecule has 1 aromatic carbocycles. The Morgan fingerprint density at radius 2 is 1.96 bits per heavy atom. The van der Waals surface area contributed by atoms with E-state index < -0.39 is 0 Å². The van der Waals surface area contributed by atoms with Crippen LogP contribution in [0.2, 0.25) is 0 Å². The highest BCUT2D eigenvalue weighted by molar-refractivity contribution is 7.99. The van der Waals surface area contributed by atoms with Gasteiger partial charge in [0.15, 0.2) is 11.6 Å². The topological polar surface area (TPSA) is 60.7 Å². The average Bonchev–Trinajstić information content (AvgIpc) is 3.04. The zero-order valence-corrected chi connectivity index (χ0v) is 15.8. The number of nitrogens with zero attached hydrogens (tertiary/aromatic N) is 4. The fourth-order valence-corrected chi connectivity index (χ4v) is 4.11. The van der Waals surface area contributed by atoms with Gasteiger partial charge in [-0.25, -0.2) is 19.0 Å². The Balaban J connectivity index is 1.52. The van der Waals surface area contributed by atoms with Crippen molar-refractivity contribution in [1.29, 1.82) is 0 Å². The molecule has 1 aliphatic carbocycles. The first-order chi connectivity index (χ1) is 13.1. The summed E-state index contributed by atoms with van der Waals surface area (Å²) in [5, 5.41) is 5.39. The molecule has 0 bridgehead atoms. The molecular weight excluding hydrogens is 363 g/mol. The molecule has 0 radical (unpaired) electrons. The highest BCUT2D eigenvalue weighted by Gasteiger charge is 2.20. The Morgan fingerprint density at radius 1 is 1.19 bits per heavy atom. The molecule has 0 atom stereocenters. The summed E-state index contributed by atoms with van der Waals surface area (Å²) in [6.07, 6.45) is 5.95. The van der Waals surface area contributed by atoms with Gasteiger partial charge in [-0.15, -0.1) is 0 Å². The van der Waals surface area contributed by atoms with Crippen molar-refractivity contribution in [3.8, 4) is 5.82 Å². The number of hydrogen-bond donors (Lipinski definition) is 0. The van der Waals surface area contributed by atoms with Crippen molar-refractivity contribution in [3.05, 3.63) is 65.0 Å². The van der Waals surface area contributed by atoms with E-state index in [4.69, 9.17) is 0 Å². The van der Waals surface area contributed by atoms with Gasteiger partial charge in [-0.3, -0.25) is 4.79 Å². The van der Waals surface area contributed by atoms with Gasteiger partial charge in [0.1, 0.15) is 17.2 Å². The van der Waals surface area contributed by atoms with Gasteiger partial charge in [0.25, 0.3) is 0 Å². The van der Waals surface area contributed by atoms with Crippen LogP contribution in [0, 0.1) is 12.7 Å². The van der Waals surface area contributed by atoms with Crippen LogP contribution in [-0.2, 0) is 12.8 Å². The maximum Gasteiger partial charge on any atom is 0.173 e. The summed E-state index contributed by atoms with van der Waals surface area (Å²) in [5.74, 6) is 0.552. The van der Waals surface area contributed by atoms with Gasteiger partial charge in [-0.1, -0.05) is 11.8 Å². The second kappa shape index (κ2) is 7.60. The monoisotopic (exact) mass is 382 g/mol. The lowest BCUT2D eigenvalue weighted by Crippen LogP contribution is -2.09. The lowest BCUT2D eigenvalue weighted by atomic mass is 9.96. The molecule has 0 aliphatic heterocycles. The van der Waals surface area contributed by atoms with E-state index in [1.165, 1.54) is 60.0 Å². The summed E-state index contributed by atoms with van der Waals surface area (Å²) in [5.41, 5.74) is 4.12. The van der Waals surface area contributed by atoms with E-state index in [1.807, 2.05) is 17.7 Å². The molecule has 0 saturated carbocycles. The summed E-state index contributed by atoms with van der Waals surface area (Å²) in [6.45, 7) is 2.04. The molecule has 0 fully saturated rings. The van der Waals surface area contributed by atoms with Crippen LogP contribution in [0.25, 0.3) is 5.82 Å². The van der Waals surface area contributed by atoms with Gasteiger partial charge in [-0.05, 0) is 62.4 Å². The maximum absolute atomic E-state index is 13.0. The number of ketones is 1. The van der Waals surface area contributed by atoms with Crippen LogP contribution in [-0.4, -0.2) is 31.3 Å². The predicted octanol–water partition coefficient (Wildman–Crippen LogP) is 3.96. The van der Waals surface area contributed by atoms with Crippen LogP contribution in [0.15, 0.2) is 41.7 Å². The van der Waals surface area contributed by atoms with Crippen molar-refractivity contribution < 1.29 is 9.18 Å². The summed E-state index contributed by atoms with van der Waals surface area (Å²) in [6, 6.07) is 7.46. The molecule has 0 saturated heterocycles. The fraction of sp³-hybridized carbons (Fsp3) is 0.300. The zero-order chi connectivity index (χ0) is 18.8. The third-order valence-electron chi connectivity index (χ3n) is 4.74. The van der Waals surface area contributed by atoms with Gasteiger partial charge in [0, 0.05) is 17.3 Å². The lowest BCUT2D eigenvalue weighted by molar-refractivity contribution is 0.102. The number of hydrogen-bond acceptors (Lipinski definition) is 5. The third kappa shape index (κ3) is 3.78. The van der Waals surface area contributed by atoms with Crippen molar-refractivity contribution in [3.63, 3.8) is 0 Å². The van der Waals surface area contributed by atoms with E-state index in [2.05, 4.69) is 15.1 Å². The lowest BCUT2D eigenvalue weighted by Gasteiger charge is -2.13. The van der Waals surface area contributed by atoms with E-state index >= 15 is 0 Å². The first-order valence-electron chi connectivity index (χ1n) is 8.93. The first kappa shape index (κ1) is 17.9. The Kier molecular flexibility index (Phi) is 5.03. The molecule has 0 amide bonds. The third-order valence-corrected chi connectivity index (χ3v) is 5.67. The quantitative estimate of drug-likeness (QED) is 0.380. The summed E-state index contributed by atoms with van der Waals surface area (Å²) in [7, 11) is 0. The molecule has 0 unspecified atom stereocenters. The van der Waals surface area contributed by atoms with Crippen molar-refractivity contribution in [2.75, 3.05) is 5.75 Å². The van der Waals surface area contributed by atoms with Crippen molar-refractivity contribution in [2.45, 2.75) is 37.6 Å². The molecule has 5 nitrogen and oxygen atoms in total. The second-order valence-electron chi connectivity index (χ2n) is 6.56. The zero-order valence-electron chi connectivity index (χ0n) is 15.0. The maximum atomic E-state index is 13.0. The molecule has 27 heavy (non-hydrogen) atoms. The molecule has 2 heterocycles. The van der Waals surface area contributed by atoms with Crippen LogP contribution < -0.4 is 0 Å². The summed E-state index contributed by atoms with van der Waals surface area (Å²) >= 11 is 1.35. The molecule has 3 aromatic rings. The minimum Gasteiger partial charge on any atom is -0.293 e. The van der Waals surface area contributed by atoms with E-state index in [-0.39, 0.29) is 17.4 Å². The van der Waals surface area contributed by atoms with Crippen LogP contribution in [0.1, 0.15) is 40.2 Å². The summed E-state index contributed by atoms with van der Waals surface area (Å²) < 4.78 is 14.9. The van der Waals surface area contributed by atoms with Crippen LogP contribution in [0.3, 0.4) is 0 Å². The predicted molar refractivity (Wildman–Crippen MR) is 102 cm³/mol. The Hall–Kier alpha value is -2.54. The number of halogens is 1. The Morgan fingerprint density at radius 3 is 2.78 bits per heavy atom. The number of rotatable bonds is 5. The van der Waals surface area contributed by atoms with Gasteiger partial charge < -0.3 is 0 Å². The van der Waals surface area contributed by atoms with Gasteiger partial charge in [0.2, 0.25) is 0 Å². The molecule has 4 rings (SSSR count). The second-order valence-corrected chi connectivity index (χ2v) is 7.56. The van der Waals surface area contributed by atoms with E-state index in [0.717, 1.165) is 30.8 Å². The van der Waals surface area contributed by atoms with Crippen LogP contribution >= 0.6 is 11.8 Å². The van der Waals surface area contributed by atoms with E-state index in [9.17, 15) is 9.18 Å². The number of aromatic nitrogens is 4. The molecule has 1 aliphatic rings. The highest BCUT2D eigenvalue weighted by atomic mass is 32.2. The van der Waals surface area contributed by atoms with Crippen molar-refractivity contribution in [1.82, 2.24) is 19.7 Å². The van der Waals surface area contributed by atoms with Gasteiger partial charge >= 0.3 is 0 Å². The van der Waals surface area contributed by atoms with Gasteiger partial charge in [0.05, 0.1) is 11.4 Å². The standard InChI is InChI=1S/C20H19FN4OS/c1-13-16-4-2-3-5-17(16)25(24-13)19-10-20(23-12-22-19)27-11-18(26)14-6-8-15(21)9-7-14/h6-10,12H,2-5,11H2,1H3. The van der Waals surface area contributed by atoms with Crippen molar-refractivity contribution >= 4 is 17.5 Å². The SMILES string of the molecule is Cc1nn(-c2cc(SCC(=O)c3ccc(F)cc3)ncn2)c2c1CCCC2. The minimum absolute atomic E-state index is 0.0625. The highest BCUT2D eigenvalue weighted by Crippen LogP contribution is 2.27. The normalized spacial score (nSPS) is 13.4. The van der Waals surface area contributed by atoms with E-state index in [0.29, 0.717) is 10.6 Å². The van der Waals surface area contributed by atoms with Crippen LogP contribution in [0.5, 0.6) is 0 Å². The Labute approximate surface area is 161 Å². The smallest absolute Gasteiger partial charge is 0.173 e. The summed E-state index contributed by atoms with van der Waals surface area (Å²) in [4.78, 5) is 20.9. The number of fused-ring (bicyclic) bond motifs is 1. The molecule has 138 valence electrons. The number of carbonyl (C=O) groups is 1. The minimum atomic E-state index is -0.350. The van der Waals surface area contributed by atoms with Gasteiger partial charge in [-0.2, -0.15) is 5.10 Å². The number of benzene rings is 1. The largest absolute Gasteiger partial charge is 0.293 e. The fourth-order valence-electron chi connectivity index (χ4n) is 3.36. The number of carbonyl (C=O) groups excluding carboxylic acids is 1. The number of Topliss-reactive ketones (excluding diaryl/α,β-unsaturated/α-hetero) is 1. The first-order valence-corrected chi connectivity index (χ1v) is 9.92. The number of thioether (sulfide) groups is 1. The molecular formula is C20H19FN4OS. The van der Waals surface area contributed by atoms with Crippen LogP contribution in [0.4, 0.5) is 4.39 Å². The number of aryl methyl sites for hydroxylation is 1. The Bertz CT molecular complexity index is 984. The molecule has 0 N–H and O–H groups in total. The molecule has 7 heteroatoms. The average molecular weight is 382 g/mol.